The van der Waals surface area contributed by atoms with Crippen LogP contribution in [0.5, 0.6) is 0 Å². The van der Waals surface area contributed by atoms with Crippen LogP contribution in [0.3, 0.4) is 0 Å². The first-order valence-corrected chi connectivity index (χ1v) is 13.6. The van der Waals surface area contributed by atoms with Crippen LogP contribution in [0.2, 0.25) is 0 Å². The lowest BCUT2D eigenvalue weighted by atomic mass is 10.0. The second kappa shape index (κ2) is 8.99. The molecular weight excluding hydrogens is 536 g/mol. The summed E-state index contributed by atoms with van der Waals surface area (Å²) in [5, 5.41) is 11.7. The van der Waals surface area contributed by atoms with Crippen LogP contribution in [-0.4, -0.2) is 59.3 Å². The number of aliphatic hydroxyl groups is 1. The lowest BCUT2D eigenvalue weighted by Crippen LogP contribution is -2.43. The van der Waals surface area contributed by atoms with Crippen molar-refractivity contribution in [1.29, 1.82) is 0 Å². The first-order chi connectivity index (χ1) is 15.1. The molecule has 2 aromatic rings. The molecule has 2 aromatic heterocycles. The number of aromatic nitrogens is 2. The Morgan fingerprint density at radius 1 is 1.24 bits per heavy atom. The summed E-state index contributed by atoms with van der Waals surface area (Å²) in [6, 6.07) is 0. The smallest absolute Gasteiger partial charge is 0.382 e. The maximum Gasteiger partial charge on any atom is 0.490 e. The van der Waals surface area contributed by atoms with E-state index in [4.69, 9.17) is 31.7 Å². The van der Waals surface area contributed by atoms with E-state index in [9.17, 15) is 28.1 Å². The molecule has 0 aliphatic carbocycles. The fourth-order valence-corrected chi connectivity index (χ4v) is 6.80. The summed E-state index contributed by atoms with van der Waals surface area (Å²) >= 11 is 1.04. The molecule has 1 aliphatic rings. The van der Waals surface area contributed by atoms with Crippen molar-refractivity contribution in [3.8, 4) is 0 Å². The number of ether oxygens (including phenoxy) is 1. The number of halogens is 1. The Hall–Kier alpha value is -1.41. The minimum Gasteiger partial charge on any atom is -0.382 e. The summed E-state index contributed by atoms with van der Waals surface area (Å²) in [6.45, 7) is 5.93. The Bertz CT molecular complexity index is 1250. The predicted molar refractivity (Wildman–Crippen MR) is 106 cm³/mol. The van der Waals surface area contributed by atoms with Gasteiger partial charge in [0.15, 0.2) is 18.9 Å². The van der Waals surface area contributed by atoms with Crippen LogP contribution < -0.4 is 5.73 Å². The molecule has 0 spiro atoms. The average molecular weight is 550 g/mol. The summed E-state index contributed by atoms with van der Waals surface area (Å²) in [5.41, 5.74) is 3.38. The quantitative estimate of drug-likeness (QED) is 0.198. The summed E-state index contributed by atoms with van der Waals surface area (Å²) in [5.74, 6) is 0.0919. The summed E-state index contributed by atoms with van der Waals surface area (Å²) < 4.78 is 66.1. The molecule has 6 atom stereocenters. The standard InChI is InChI=1S/C12H14FN4O12P3S/c1-15-12(3-26-31(22,23)29-32(24,25)28-30(19,20)21)10(18)6(13)8(27-12)5-2-33-9-7(5)16-4-17-11(9)14/h2,4,6,8,10,18H,3H2,(H,22,23)(H,24,25)(H2,14,16,17)(H2,19,20,21)/t6-,8-,10-,12+/m0/s1. The molecule has 2 unspecified atom stereocenters. The van der Waals surface area contributed by atoms with Crippen molar-refractivity contribution in [2.75, 3.05) is 12.3 Å². The molecule has 0 aromatic carbocycles. The molecule has 0 bridgehead atoms. The zero-order chi connectivity index (χ0) is 24.8. The topological polar surface area (TPSA) is 245 Å². The molecule has 3 rings (SSSR count). The van der Waals surface area contributed by atoms with E-state index in [0.717, 1.165) is 17.7 Å². The molecule has 33 heavy (non-hydrogen) atoms. The van der Waals surface area contributed by atoms with Crippen LogP contribution in [0.25, 0.3) is 15.1 Å². The predicted octanol–water partition coefficient (Wildman–Crippen LogP) is 1.00. The normalized spacial score (nSPS) is 29.4. The molecule has 7 N–H and O–H groups in total. The van der Waals surface area contributed by atoms with Gasteiger partial charge < -0.3 is 30.4 Å². The van der Waals surface area contributed by atoms with Gasteiger partial charge in [0.1, 0.15) is 18.2 Å². The van der Waals surface area contributed by atoms with E-state index in [1.807, 2.05) is 0 Å². The first-order valence-electron chi connectivity index (χ1n) is 8.24. The number of phosphoric ester groups is 1. The maximum atomic E-state index is 14.9. The number of rotatable bonds is 8. The summed E-state index contributed by atoms with van der Waals surface area (Å²) in [4.78, 5) is 46.5. The van der Waals surface area contributed by atoms with Crippen molar-refractivity contribution in [1.82, 2.24) is 9.97 Å². The fraction of sp³-hybridized carbons (Fsp3) is 0.417. The van der Waals surface area contributed by atoms with Crippen LogP contribution in [-0.2, 0) is 31.6 Å². The zero-order valence-electron chi connectivity index (χ0n) is 15.7. The van der Waals surface area contributed by atoms with Crippen LogP contribution in [0, 0.1) is 6.57 Å². The van der Waals surface area contributed by atoms with Crippen molar-refractivity contribution in [2.45, 2.75) is 24.1 Å². The second-order valence-electron chi connectivity index (χ2n) is 6.38. The van der Waals surface area contributed by atoms with E-state index in [1.54, 1.807) is 0 Å². The molecule has 16 nitrogen and oxygen atoms in total. The van der Waals surface area contributed by atoms with E-state index in [1.165, 1.54) is 5.38 Å². The van der Waals surface area contributed by atoms with Gasteiger partial charge in [0.25, 0.3) is 0 Å². The van der Waals surface area contributed by atoms with E-state index < -0.39 is 54.2 Å². The number of anilines is 1. The fourth-order valence-electron chi connectivity index (χ4n) is 2.81. The number of nitrogen functional groups attached to an aromatic ring is 1. The van der Waals surface area contributed by atoms with Crippen molar-refractivity contribution < 1.29 is 60.6 Å². The molecule has 3 heterocycles. The van der Waals surface area contributed by atoms with E-state index in [-0.39, 0.29) is 16.9 Å². The maximum absolute atomic E-state index is 14.9. The summed E-state index contributed by atoms with van der Waals surface area (Å²) in [7, 11) is -17.1. The molecule has 1 saturated heterocycles. The van der Waals surface area contributed by atoms with Crippen LogP contribution in [0.4, 0.5) is 10.2 Å². The third-order valence-corrected chi connectivity index (χ3v) is 8.93. The molecule has 21 heteroatoms. The third kappa shape index (κ3) is 5.64. The number of nitrogens with two attached hydrogens (primary N) is 1. The number of hydrogen-bond acceptors (Lipinski definition) is 12. The largest absolute Gasteiger partial charge is 0.490 e. The number of fused-ring (bicyclic) bond motifs is 1. The Morgan fingerprint density at radius 2 is 1.91 bits per heavy atom. The minimum absolute atomic E-state index is 0.0919. The van der Waals surface area contributed by atoms with Crippen molar-refractivity contribution in [2.24, 2.45) is 0 Å². The Labute approximate surface area is 187 Å². The highest BCUT2D eigenvalue weighted by molar-refractivity contribution is 7.66. The Kier molecular flexibility index (Phi) is 7.14. The lowest BCUT2D eigenvalue weighted by Gasteiger charge is -2.21. The minimum atomic E-state index is -5.82. The number of hydrogen-bond donors (Lipinski definition) is 6. The van der Waals surface area contributed by atoms with Gasteiger partial charge in [-0.3, -0.25) is 14.1 Å². The molecule has 182 valence electrons. The van der Waals surface area contributed by atoms with E-state index >= 15 is 0 Å². The number of phosphoric acid groups is 3. The van der Waals surface area contributed by atoms with Gasteiger partial charge in [0, 0.05) is 5.56 Å². The summed E-state index contributed by atoms with van der Waals surface area (Å²) in [6.07, 6.45) is -4.98. The van der Waals surface area contributed by atoms with Gasteiger partial charge in [0.05, 0.1) is 10.2 Å². The third-order valence-electron chi connectivity index (χ3n) is 4.14. The number of alkyl halides is 1. The van der Waals surface area contributed by atoms with E-state index in [2.05, 4.69) is 28.0 Å². The number of nitrogens with zero attached hydrogens (tertiary/aromatic N) is 3. The van der Waals surface area contributed by atoms with E-state index in [0.29, 0.717) is 4.70 Å². The number of aliphatic hydroxyl groups excluding tert-OH is 1. The first kappa shape index (κ1) is 26.2. The van der Waals surface area contributed by atoms with Gasteiger partial charge in [-0.05, 0) is 5.38 Å². The van der Waals surface area contributed by atoms with Crippen LogP contribution in [0.15, 0.2) is 11.7 Å². The molecule has 1 fully saturated rings. The number of thiophene rings is 1. The van der Waals surface area contributed by atoms with Crippen molar-refractivity contribution in [3.05, 3.63) is 28.7 Å². The highest BCUT2D eigenvalue weighted by Crippen LogP contribution is 2.66. The van der Waals surface area contributed by atoms with Gasteiger partial charge in [-0.2, -0.15) is 8.62 Å². The van der Waals surface area contributed by atoms with Crippen molar-refractivity contribution >= 4 is 50.8 Å². The lowest BCUT2D eigenvalue weighted by molar-refractivity contribution is -0.0787. The zero-order valence-corrected chi connectivity index (χ0v) is 19.2. The highest BCUT2D eigenvalue weighted by Gasteiger charge is 2.63. The van der Waals surface area contributed by atoms with Crippen LogP contribution >= 0.6 is 34.8 Å². The van der Waals surface area contributed by atoms with Gasteiger partial charge in [-0.15, -0.1) is 11.3 Å². The Morgan fingerprint density at radius 3 is 2.52 bits per heavy atom. The SMILES string of the molecule is [C-]#[N+][C@]1(COP(=O)(O)OP(=O)(O)OP(=O)(O)O)O[C@@H](c2csc3c(N)ncnc23)[C@H](F)[C@@H]1O. The average Bonchev–Trinajstić information content (AvgIpc) is 3.19. The van der Waals surface area contributed by atoms with Gasteiger partial charge in [-0.25, -0.2) is 34.6 Å². The molecular formula is C12H14FN4O12P3S. The Balaban J connectivity index is 1.81. The molecule has 0 amide bonds. The van der Waals surface area contributed by atoms with Gasteiger partial charge in [0.2, 0.25) is 0 Å². The van der Waals surface area contributed by atoms with Crippen LogP contribution in [0.1, 0.15) is 11.7 Å². The molecule has 0 radical (unpaired) electrons. The molecule has 1 aliphatic heterocycles. The highest BCUT2D eigenvalue weighted by atomic mass is 32.1. The second-order valence-corrected chi connectivity index (χ2v) is 11.7. The van der Waals surface area contributed by atoms with Gasteiger partial charge in [-0.1, -0.05) is 0 Å². The molecule has 0 saturated carbocycles. The van der Waals surface area contributed by atoms with Gasteiger partial charge >= 0.3 is 29.2 Å². The van der Waals surface area contributed by atoms with Crippen molar-refractivity contribution in [3.63, 3.8) is 0 Å². The monoisotopic (exact) mass is 550 g/mol.